The molecule has 3 rings (SSSR count). The van der Waals surface area contributed by atoms with E-state index in [1.54, 1.807) is 67.8 Å². The molecule has 3 aromatic carbocycles. The van der Waals surface area contributed by atoms with Gasteiger partial charge >= 0.3 is 5.97 Å². The van der Waals surface area contributed by atoms with E-state index >= 15 is 0 Å². The normalized spacial score (nSPS) is 10.9. The van der Waals surface area contributed by atoms with Crippen molar-refractivity contribution in [3.63, 3.8) is 0 Å². The number of hydrogen-bond acceptors (Lipinski definition) is 4. The fraction of sp³-hybridized carbons (Fsp3) is 0.0833. The summed E-state index contributed by atoms with van der Waals surface area (Å²) in [4.78, 5) is 12.1. The van der Waals surface area contributed by atoms with Gasteiger partial charge in [-0.05, 0) is 71.3 Å². The predicted octanol–water partition coefficient (Wildman–Crippen LogP) is 5.05. The topological polar surface area (TPSA) is 59.3 Å². The number of hydrogen-bond donors (Lipinski definition) is 0. The molecule has 3 aromatic rings. The number of rotatable bonds is 6. The molecule has 0 saturated heterocycles. The Hall–Kier alpha value is -3.91. The summed E-state index contributed by atoms with van der Waals surface area (Å²) in [6, 6.07) is 22.0. The van der Waals surface area contributed by atoms with Crippen LogP contribution in [0.25, 0.3) is 11.6 Å². The van der Waals surface area contributed by atoms with Gasteiger partial charge in [-0.15, -0.1) is 0 Å². The van der Waals surface area contributed by atoms with Crippen LogP contribution in [0, 0.1) is 17.1 Å². The first kappa shape index (κ1) is 19.8. The second-order valence-corrected chi connectivity index (χ2v) is 6.25. The Morgan fingerprint density at radius 1 is 1.03 bits per heavy atom. The van der Waals surface area contributed by atoms with Gasteiger partial charge in [0.05, 0.1) is 25.2 Å². The average Bonchev–Trinajstić information content (AvgIpc) is 2.74. The second-order valence-electron chi connectivity index (χ2n) is 6.25. The lowest BCUT2D eigenvalue weighted by atomic mass is 10.0. The quantitative estimate of drug-likeness (QED) is 0.257. The molecule has 0 aliphatic rings. The predicted molar refractivity (Wildman–Crippen MR) is 109 cm³/mol. The zero-order valence-electron chi connectivity index (χ0n) is 15.8. The van der Waals surface area contributed by atoms with Crippen molar-refractivity contribution in [1.82, 2.24) is 0 Å². The van der Waals surface area contributed by atoms with Crippen molar-refractivity contribution in [2.75, 3.05) is 7.11 Å². The van der Waals surface area contributed by atoms with Crippen molar-refractivity contribution in [3.8, 4) is 17.6 Å². The SMILES string of the molecule is COc1ccc(/C(C#N)=C\c2cccc(OC(=O)Cc3ccc(F)cc3)c2)cc1. The fourth-order valence-corrected chi connectivity index (χ4v) is 2.72. The number of halogens is 1. The van der Waals surface area contributed by atoms with Crippen molar-refractivity contribution in [2.24, 2.45) is 0 Å². The molecule has 0 atom stereocenters. The molecule has 0 spiro atoms. The summed E-state index contributed by atoms with van der Waals surface area (Å²) < 4.78 is 23.5. The summed E-state index contributed by atoms with van der Waals surface area (Å²) in [5.74, 6) is 0.277. The third-order valence-corrected chi connectivity index (χ3v) is 4.18. The number of carbonyl (C=O) groups excluding carboxylic acids is 1. The third kappa shape index (κ3) is 5.53. The Balaban J connectivity index is 1.73. The van der Waals surface area contributed by atoms with Crippen LogP contribution in [0.1, 0.15) is 16.7 Å². The van der Waals surface area contributed by atoms with E-state index in [9.17, 15) is 14.4 Å². The molecule has 0 aliphatic heterocycles. The standard InChI is InChI=1S/C24H18FNO3/c1-28-22-11-7-19(8-12-22)20(16-26)13-18-3-2-4-23(14-18)29-24(27)15-17-5-9-21(25)10-6-17/h2-14H,15H2,1H3/b20-13-. The van der Waals surface area contributed by atoms with E-state index < -0.39 is 5.97 Å². The number of carbonyl (C=O) groups is 1. The van der Waals surface area contributed by atoms with E-state index in [0.717, 1.165) is 11.1 Å². The van der Waals surface area contributed by atoms with Crippen LogP contribution in [0.5, 0.6) is 11.5 Å². The van der Waals surface area contributed by atoms with Crippen molar-refractivity contribution in [3.05, 3.63) is 95.3 Å². The Morgan fingerprint density at radius 3 is 2.41 bits per heavy atom. The van der Waals surface area contributed by atoms with E-state index in [2.05, 4.69) is 6.07 Å². The van der Waals surface area contributed by atoms with Gasteiger partial charge in [-0.3, -0.25) is 4.79 Å². The van der Waals surface area contributed by atoms with Crippen LogP contribution in [0.4, 0.5) is 4.39 Å². The lowest BCUT2D eigenvalue weighted by Gasteiger charge is -2.06. The summed E-state index contributed by atoms with van der Waals surface area (Å²) >= 11 is 0. The molecule has 0 radical (unpaired) electrons. The lowest BCUT2D eigenvalue weighted by Crippen LogP contribution is -2.11. The number of ether oxygens (including phenoxy) is 2. The van der Waals surface area contributed by atoms with E-state index in [-0.39, 0.29) is 12.2 Å². The largest absolute Gasteiger partial charge is 0.497 e. The van der Waals surface area contributed by atoms with Crippen LogP contribution in [0.15, 0.2) is 72.8 Å². The molecule has 0 amide bonds. The molecule has 5 heteroatoms. The zero-order valence-corrected chi connectivity index (χ0v) is 15.8. The summed E-state index contributed by atoms with van der Waals surface area (Å²) in [7, 11) is 1.58. The van der Waals surface area contributed by atoms with Crippen LogP contribution in [-0.2, 0) is 11.2 Å². The molecule has 0 aromatic heterocycles. The van der Waals surface area contributed by atoms with Crippen LogP contribution in [0.2, 0.25) is 0 Å². The van der Waals surface area contributed by atoms with Crippen LogP contribution in [-0.4, -0.2) is 13.1 Å². The summed E-state index contributed by atoms with van der Waals surface area (Å²) in [5, 5.41) is 9.50. The summed E-state index contributed by atoms with van der Waals surface area (Å²) in [5.41, 5.74) is 2.62. The van der Waals surface area contributed by atoms with Gasteiger partial charge in [0.15, 0.2) is 0 Å². The maximum absolute atomic E-state index is 13.0. The maximum atomic E-state index is 13.0. The minimum absolute atomic E-state index is 0.0373. The van der Waals surface area contributed by atoms with Crippen molar-refractivity contribution >= 4 is 17.6 Å². The van der Waals surface area contributed by atoms with Crippen molar-refractivity contribution in [2.45, 2.75) is 6.42 Å². The number of esters is 1. The highest BCUT2D eigenvalue weighted by Crippen LogP contribution is 2.23. The Morgan fingerprint density at radius 2 is 1.76 bits per heavy atom. The summed E-state index contributed by atoms with van der Waals surface area (Å²) in [6.07, 6.45) is 1.76. The van der Waals surface area contributed by atoms with Crippen molar-refractivity contribution < 1.29 is 18.7 Å². The van der Waals surface area contributed by atoms with Crippen LogP contribution < -0.4 is 9.47 Å². The molecular weight excluding hydrogens is 369 g/mol. The van der Waals surface area contributed by atoms with Crippen molar-refractivity contribution in [1.29, 1.82) is 5.26 Å². The highest BCUT2D eigenvalue weighted by atomic mass is 19.1. The Bertz CT molecular complexity index is 1060. The molecule has 0 saturated carbocycles. The van der Waals surface area contributed by atoms with Gasteiger partial charge in [0.25, 0.3) is 0 Å². The molecule has 0 unspecified atom stereocenters. The minimum Gasteiger partial charge on any atom is -0.497 e. The molecule has 29 heavy (non-hydrogen) atoms. The third-order valence-electron chi connectivity index (χ3n) is 4.18. The van der Waals surface area contributed by atoms with Gasteiger partial charge in [-0.25, -0.2) is 4.39 Å². The molecule has 0 heterocycles. The highest BCUT2D eigenvalue weighted by molar-refractivity contribution is 5.90. The van der Waals surface area contributed by atoms with Gasteiger partial charge in [0.1, 0.15) is 17.3 Å². The number of allylic oxidation sites excluding steroid dienone is 1. The van der Waals surface area contributed by atoms with E-state index in [1.807, 2.05) is 6.07 Å². The number of benzene rings is 3. The maximum Gasteiger partial charge on any atom is 0.315 e. The van der Waals surface area contributed by atoms with Gasteiger partial charge in [-0.1, -0.05) is 24.3 Å². The first-order chi connectivity index (χ1) is 14.1. The Labute approximate surface area is 168 Å². The molecular formula is C24H18FNO3. The smallest absolute Gasteiger partial charge is 0.315 e. The van der Waals surface area contributed by atoms with Gasteiger partial charge in [-0.2, -0.15) is 5.26 Å². The first-order valence-corrected chi connectivity index (χ1v) is 8.89. The van der Waals surface area contributed by atoms with E-state index in [0.29, 0.717) is 22.6 Å². The Kier molecular flexibility index (Phi) is 6.39. The van der Waals surface area contributed by atoms with Gasteiger partial charge < -0.3 is 9.47 Å². The first-order valence-electron chi connectivity index (χ1n) is 8.89. The number of nitrogens with zero attached hydrogens (tertiary/aromatic N) is 1. The molecule has 4 nitrogen and oxygen atoms in total. The number of methoxy groups -OCH3 is 1. The van der Waals surface area contributed by atoms with Crippen LogP contribution in [0.3, 0.4) is 0 Å². The minimum atomic E-state index is -0.451. The monoisotopic (exact) mass is 387 g/mol. The van der Waals surface area contributed by atoms with Crippen LogP contribution >= 0.6 is 0 Å². The van der Waals surface area contributed by atoms with E-state index in [4.69, 9.17) is 9.47 Å². The highest BCUT2D eigenvalue weighted by Gasteiger charge is 2.08. The molecule has 0 bridgehead atoms. The fourth-order valence-electron chi connectivity index (χ4n) is 2.72. The summed E-state index contributed by atoms with van der Waals surface area (Å²) in [6.45, 7) is 0. The lowest BCUT2D eigenvalue weighted by molar-refractivity contribution is -0.133. The zero-order chi connectivity index (χ0) is 20.6. The molecule has 144 valence electrons. The average molecular weight is 387 g/mol. The second kappa shape index (κ2) is 9.34. The molecule has 0 fully saturated rings. The van der Waals surface area contributed by atoms with Gasteiger partial charge in [0.2, 0.25) is 0 Å². The number of nitriles is 1. The van der Waals surface area contributed by atoms with Gasteiger partial charge in [0, 0.05) is 0 Å². The van der Waals surface area contributed by atoms with E-state index in [1.165, 1.54) is 12.1 Å². The molecule has 0 aliphatic carbocycles. The molecule has 0 N–H and O–H groups in total.